The molecule has 0 radical (unpaired) electrons. The van der Waals surface area contributed by atoms with Crippen LogP contribution in [0.1, 0.15) is 65.9 Å². The second-order valence-electron chi connectivity index (χ2n) is 21.7. The van der Waals surface area contributed by atoms with E-state index in [-0.39, 0.29) is 44.6 Å². The van der Waals surface area contributed by atoms with Crippen LogP contribution < -0.4 is 0 Å². The molecule has 9 rings (SSSR count). The number of rotatable bonds is 23. The second-order valence-corrected chi connectivity index (χ2v) is 26.7. The molecule has 2 aliphatic rings. The Morgan fingerprint density at radius 1 is 0.519 bits per heavy atom. The number of hydrogen-bond donors (Lipinski definition) is 0. The molecule has 1 aromatic heterocycles. The van der Waals surface area contributed by atoms with Gasteiger partial charge in [0.2, 0.25) is 0 Å². The number of azide groups is 1. The summed E-state index contributed by atoms with van der Waals surface area (Å²) < 4.78 is 57.9. The molecule has 0 unspecified atom stereocenters. The molecule has 0 saturated carbocycles. The van der Waals surface area contributed by atoms with E-state index >= 15 is 0 Å². The molecular weight excluding hydrogens is 1010 g/mol. The van der Waals surface area contributed by atoms with Crippen molar-refractivity contribution in [2.45, 2.75) is 146 Å². The van der Waals surface area contributed by atoms with Crippen molar-refractivity contribution in [3.63, 3.8) is 0 Å². The summed E-state index contributed by atoms with van der Waals surface area (Å²) in [5.41, 5.74) is 19.9. The van der Waals surface area contributed by atoms with Gasteiger partial charge in [-0.05, 0) is 44.0 Å². The summed E-state index contributed by atoms with van der Waals surface area (Å²) in [7, 11) is -2.16. The first-order valence-electron chi connectivity index (χ1n) is 27.2. The fourth-order valence-corrected chi connectivity index (χ4v) is 10.4. The van der Waals surface area contributed by atoms with Crippen molar-refractivity contribution in [3.05, 3.63) is 238 Å². The van der Waals surface area contributed by atoms with Gasteiger partial charge in [0.15, 0.2) is 0 Å². The SMILES string of the molecule is CC(C)(C)[Si](C)(C)C#C[C@H]1O[C@H](Cn2cc([C@H]3O[C@H](CN=[N+]=[N-])[C@@H](OCc4ccccc4)[C@H](OCc4ccccc4)[C@H]3OCc3ccccc3)nn2)[C@@H](OCc2ccccc2)[C@H](OCc2ccccc2)[C@H]1OCc1ccccc1. The number of benzene rings is 6. The Bertz CT molecular complexity index is 3030. The Morgan fingerprint density at radius 3 is 1.29 bits per heavy atom. The second kappa shape index (κ2) is 27.9. The lowest BCUT2D eigenvalue weighted by Gasteiger charge is -2.45. The van der Waals surface area contributed by atoms with Crippen molar-refractivity contribution < 1.29 is 37.9 Å². The van der Waals surface area contributed by atoms with Crippen LogP contribution in [0.25, 0.3) is 10.4 Å². The van der Waals surface area contributed by atoms with Crippen LogP contribution in [0.15, 0.2) is 193 Å². The van der Waals surface area contributed by atoms with Crippen molar-refractivity contribution in [2.24, 2.45) is 5.11 Å². The molecule has 79 heavy (non-hydrogen) atoms. The van der Waals surface area contributed by atoms with Crippen molar-refractivity contribution in [3.8, 4) is 11.5 Å². The summed E-state index contributed by atoms with van der Waals surface area (Å²) in [6.45, 7) is 13.1. The summed E-state index contributed by atoms with van der Waals surface area (Å²) in [6.07, 6.45) is -5.35. The molecule has 410 valence electrons. The van der Waals surface area contributed by atoms with Crippen LogP contribution >= 0.6 is 0 Å². The molecule has 10 atom stereocenters. The minimum Gasteiger partial charge on any atom is -0.368 e. The topological polar surface area (TPSA) is 153 Å². The Balaban J connectivity index is 1.09. The van der Waals surface area contributed by atoms with E-state index in [0.29, 0.717) is 18.9 Å². The molecule has 6 aromatic carbocycles. The molecule has 0 N–H and O–H groups in total. The van der Waals surface area contributed by atoms with Crippen molar-refractivity contribution in [1.29, 1.82) is 0 Å². The van der Waals surface area contributed by atoms with Gasteiger partial charge in [0.1, 0.15) is 68.7 Å². The van der Waals surface area contributed by atoms with Gasteiger partial charge >= 0.3 is 0 Å². The zero-order chi connectivity index (χ0) is 54.9. The van der Waals surface area contributed by atoms with E-state index in [1.54, 1.807) is 4.68 Å². The first kappa shape index (κ1) is 56.9. The first-order valence-corrected chi connectivity index (χ1v) is 30.2. The van der Waals surface area contributed by atoms with Crippen LogP contribution in [0.3, 0.4) is 0 Å². The van der Waals surface area contributed by atoms with Crippen LogP contribution in [-0.2, 0) is 84.1 Å². The van der Waals surface area contributed by atoms with Gasteiger partial charge in [0, 0.05) is 4.91 Å². The van der Waals surface area contributed by atoms with E-state index in [0.717, 1.165) is 33.4 Å². The summed E-state index contributed by atoms with van der Waals surface area (Å²) in [6, 6.07) is 60.2. The number of ether oxygens (including phenoxy) is 8. The van der Waals surface area contributed by atoms with Crippen molar-refractivity contribution in [2.75, 3.05) is 6.54 Å². The fraction of sp³-hybridized carbons (Fsp3) is 0.375. The number of aromatic nitrogens is 3. The predicted molar refractivity (Wildman–Crippen MR) is 305 cm³/mol. The Hall–Kier alpha value is -6.77. The highest BCUT2D eigenvalue weighted by molar-refractivity contribution is 6.87. The fourth-order valence-electron chi connectivity index (χ4n) is 9.50. The Morgan fingerprint density at radius 2 is 0.886 bits per heavy atom. The zero-order valence-electron chi connectivity index (χ0n) is 45.8. The monoisotopic (exact) mass is 1080 g/mol. The van der Waals surface area contributed by atoms with E-state index in [9.17, 15) is 5.53 Å². The highest BCUT2D eigenvalue weighted by Gasteiger charge is 2.51. The van der Waals surface area contributed by atoms with Gasteiger partial charge in [0.05, 0.1) is 65.0 Å². The molecule has 0 spiro atoms. The van der Waals surface area contributed by atoms with Gasteiger partial charge in [-0.2, -0.15) is 0 Å². The highest BCUT2D eigenvalue weighted by Crippen LogP contribution is 2.39. The normalized spacial score (nSPS) is 23.3. The summed E-state index contributed by atoms with van der Waals surface area (Å²) in [4.78, 5) is 3.15. The van der Waals surface area contributed by atoms with E-state index < -0.39 is 69.1 Å². The quantitative estimate of drug-likeness (QED) is 0.0199. The van der Waals surface area contributed by atoms with Gasteiger partial charge < -0.3 is 37.9 Å². The molecule has 0 bridgehead atoms. The van der Waals surface area contributed by atoms with Crippen LogP contribution in [0, 0.1) is 11.5 Å². The van der Waals surface area contributed by atoms with Gasteiger partial charge in [0.25, 0.3) is 0 Å². The lowest BCUT2D eigenvalue weighted by molar-refractivity contribution is -0.266. The minimum atomic E-state index is -2.16. The molecule has 2 fully saturated rings. The lowest BCUT2D eigenvalue weighted by Crippen LogP contribution is -2.60. The predicted octanol–water partition coefficient (Wildman–Crippen LogP) is 12.4. The zero-order valence-corrected chi connectivity index (χ0v) is 46.8. The molecule has 0 amide bonds. The number of hydrogen-bond acceptors (Lipinski definition) is 11. The maximum Gasteiger partial charge on any atom is 0.146 e. The first-order chi connectivity index (χ1) is 38.5. The van der Waals surface area contributed by atoms with Crippen molar-refractivity contribution in [1.82, 2.24) is 15.0 Å². The van der Waals surface area contributed by atoms with Gasteiger partial charge in [-0.1, -0.05) is 232 Å². The molecule has 15 heteroatoms. The standard InChI is InChI=1S/C64H72N6O8Si/c1-64(2,3)79(4,5)37-36-54-58(71-41-47-24-12-6-13-25-47)62(75-45-51-32-20-10-21-33-51)60(73-43-49-28-16-8-17-29-49)56(77-54)40-70-39-53(67-69-70)57-61(74-44-50-30-18-9-19-31-50)63(76-46-52-34-22-11-23-35-52)59(55(78-57)38-66-68-65)72-42-48-26-14-7-15-27-48/h6-35,39,54-63H,38,40-46H2,1-5H3/t54-,55-,56-,57-,58+,59-,60-,61+,62-,63+/m1/s1. The van der Waals surface area contributed by atoms with Crippen molar-refractivity contribution >= 4 is 8.07 Å². The largest absolute Gasteiger partial charge is 0.368 e. The number of nitrogens with zero attached hydrogens (tertiary/aromatic N) is 6. The summed E-state index contributed by atoms with van der Waals surface area (Å²) in [5, 5.41) is 13.6. The maximum atomic E-state index is 9.71. The van der Waals surface area contributed by atoms with Crippen LogP contribution in [-0.4, -0.2) is 84.5 Å². The molecule has 3 heterocycles. The van der Waals surface area contributed by atoms with Gasteiger partial charge in [-0.15, -0.1) is 10.6 Å². The van der Waals surface area contributed by atoms with E-state index in [2.05, 4.69) is 79.6 Å². The van der Waals surface area contributed by atoms with Crippen LogP contribution in [0.4, 0.5) is 0 Å². The van der Waals surface area contributed by atoms with E-state index in [4.69, 9.17) is 48.2 Å². The Kier molecular flexibility index (Phi) is 20.1. The molecule has 2 aliphatic heterocycles. The third kappa shape index (κ3) is 15.7. The smallest absolute Gasteiger partial charge is 0.146 e. The van der Waals surface area contributed by atoms with Gasteiger partial charge in [-0.25, -0.2) is 4.68 Å². The van der Waals surface area contributed by atoms with E-state index in [1.165, 1.54) is 0 Å². The minimum absolute atomic E-state index is 0.0143. The molecule has 0 aliphatic carbocycles. The van der Waals surface area contributed by atoms with Crippen LogP contribution in [0.5, 0.6) is 0 Å². The molecule has 2 saturated heterocycles. The van der Waals surface area contributed by atoms with Gasteiger partial charge in [-0.3, -0.25) is 0 Å². The average molecular weight is 1080 g/mol. The molecule has 14 nitrogen and oxygen atoms in total. The van der Waals surface area contributed by atoms with Crippen LogP contribution in [0.2, 0.25) is 18.1 Å². The maximum absolute atomic E-state index is 9.71. The third-order valence-corrected chi connectivity index (χ3v) is 19.4. The summed E-state index contributed by atoms with van der Waals surface area (Å²) >= 11 is 0. The highest BCUT2D eigenvalue weighted by atomic mass is 28.3. The lowest BCUT2D eigenvalue weighted by atomic mass is 9.92. The Labute approximate surface area is 465 Å². The average Bonchev–Trinajstić information content (AvgIpc) is 4.07. The summed E-state index contributed by atoms with van der Waals surface area (Å²) in [5.74, 6) is 3.65. The molecule has 7 aromatic rings. The van der Waals surface area contributed by atoms with E-state index in [1.807, 2.05) is 164 Å². The third-order valence-electron chi connectivity index (χ3n) is 14.9. The molecular formula is C64H72N6O8Si.